The summed E-state index contributed by atoms with van der Waals surface area (Å²) in [5, 5.41) is 19.5. The molecule has 0 fully saturated rings. The molecule has 112 valence electrons. The SMILES string of the molecule is N#Cc1ccc(Cn2ccnc2-c2ccc([N+](=O)[O-])cc2)cc1. The molecule has 0 aliphatic rings. The number of nitro benzene ring substituents is 1. The van der Waals surface area contributed by atoms with Crippen molar-refractivity contribution >= 4 is 5.69 Å². The van der Waals surface area contributed by atoms with Crippen LogP contribution >= 0.6 is 0 Å². The Bertz CT molecular complexity index is 874. The molecule has 6 nitrogen and oxygen atoms in total. The van der Waals surface area contributed by atoms with Gasteiger partial charge in [0.2, 0.25) is 0 Å². The normalized spacial score (nSPS) is 10.2. The van der Waals surface area contributed by atoms with Crippen molar-refractivity contribution < 1.29 is 4.92 Å². The van der Waals surface area contributed by atoms with Crippen LogP contribution < -0.4 is 0 Å². The molecule has 3 aromatic rings. The van der Waals surface area contributed by atoms with Crippen LogP contribution in [0.4, 0.5) is 5.69 Å². The minimum Gasteiger partial charge on any atom is -0.327 e. The zero-order chi connectivity index (χ0) is 16.2. The van der Waals surface area contributed by atoms with E-state index in [1.807, 2.05) is 22.9 Å². The van der Waals surface area contributed by atoms with Crippen LogP contribution in [0.25, 0.3) is 11.4 Å². The molecule has 0 spiro atoms. The summed E-state index contributed by atoms with van der Waals surface area (Å²) in [5.74, 6) is 0.740. The van der Waals surface area contributed by atoms with Crippen molar-refractivity contribution in [2.75, 3.05) is 0 Å². The highest BCUT2D eigenvalue weighted by molar-refractivity contribution is 5.58. The Labute approximate surface area is 132 Å². The first-order chi connectivity index (χ1) is 11.2. The van der Waals surface area contributed by atoms with E-state index in [0.717, 1.165) is 17.0 Å². The molecular weight excluding hydrogens is 292 g/mol. The number of nitro groups is 1. The van der Waals surface area contributed by atoms with E-state index >= 15 is 0 Å². The number of nitrogens with zero attached hydrogens (tertiary/aromatic N) is 4. The van der Waals surface area contributed by atoms with Crippen LogP contribution in [0.5, 0.6) is 0 Å². The molecule has 2 aromatic carbocycles. The fraction of sp³-hybridized carbons (Fsp3) is 0.0588. The van der Waals surface area contributed by atoms with E-state index in [2.05, 4.69) is 11.1 Å². The lowest BCUT2D eigenvalue weighted by Crippen LogP contribution is -2.01. The van der Waals surface area contributed by atoms with Crippen molar-refractivity contribution in [3.05, 3.63) is 82.2 Å². The summed E-state index contributed by atoms with van der Waals surface area (Å²) in [4.78, 5) is 14.6. The van der Waals surface area contributed by atoms with Gasteiger partial charge in [-0.15, -0.1) is 0 Å². The predicted molar refractivity (Wildman–Crippen MR) is 84.6 cm³/mol. The fourth-order valence-corrected chi connectivity index (χ4v) is 2.31. The van der Waals surface area contributed by atoms with Crippen molar-refractivity contribution in [1.29, 1.82) is 5.26 Å². The van der Waals surface area contributed by atoms with E-state index in [9.17, 15) is 10.1 Å². The Balaban J connectivity index is 1.86. The minimum atomic E-state index is -0.424. The summed E-state index contributed by atoms with van der Waals surface area (Å²) in [6.45, 7) is 0.609. The maximum atomic E-state index is 10.7. The lowest BCUT2D eigenvalue weighted by atomic mass is 10.1. The number of nitriles is 1. The van der Waals surface area contributed by atoms with E-state index < -0.39 is 4.92 Å². The Hall–Kier alpha value is -3.46. The maximum absolute atomic E-state index is 10.7. The van der Waals surface area contributed by atoms with Gasteiger partial charge in [-0.1, -0.05) is 12.1 Å². The van der Waals surface area contributed by atoms with Gasteiger partial charge in [-0.3, -0.25) is 10.1 Å². The van der Waals surface area contributed by atoms with E-state index in [-0.39, 0.29) is 5.69 Å². The van der Waals surface area contributed by atoms with Gasteiger partial charge in [-0.25, -0.2) is 4.98 Å². The first-order valence-electron chi connectivity index (χ1n) is 6.92. The molecule has 0 saturated carbocycles. The van der Waals surface area contributed by atoms with Crippen LogP contribution in [0.1, 0.15) is 11.1 Å². The molecule has 0 radical (unpaired) electrons. The lowest BCUT2D eigenvalue weighted by molar-refractivity contribution is -0.384. The number of rotatable bonds is 4. The fourth-order valence-electron chi connectivity index (χ4n) is 2.31. The molecule has 0 aliphatic carbocycles. The molecule has 3 rings (SSSR count). The average Bonchev–Trinajstić information content (AvgIpc) is 3.04. The highest BCUT2D eigenvalue weighted by atomic mass is 16.6. The summed E-state index contributed by atoms with van der Waals surface area (Å²) < 4.78 is 1.96. The Kier molecular flexibility index (Phi) is 3.85. The third kappa shape index (κ3) is 3.09. The van der Waals surface area contributed by atoms with E-state index in [0.29, 0.717) is 12.1 Å². The number of non-ortho nitro benzene ring substituents is 1. The third-order valence-corrected chi connectivity index (χ3v) is 3.49. The van der Waals surface area contributed by atoms with Crippen molar-refractivity contribution in [3.63, 3.8) is 0 Å². The smallest absolute Gasteiger partial charge is 0.269 e. The molecule has 6 heteroatoms. The Morgan fingerprint density at radius 2 is 1.83 bits per heavy atom. The average molecular weight is 304 g/mol. The van der Waals surface area contributed by atoms with Crippen LogP contribution in [0.15, 0.2) is 60.9 Å². The molecule has 0 N–H and O–H groups in total. The second-order valence-electron chi connectivity index (χ2n) is 4.99. The maximum Gasteiger partial charge on any atom is 0.269 e. The van der Waals surface area contributed by atoms with Crippen molar-refractivity contribution in [3.8, 4) is 17.5 Å². The summed E-state index contributed by atoms with van der Waals surface area (Å²) in [7, 11) is 0. The van der Waals surface area contributed by atoms with Crippen LogP contribution in [0.2, 0.25) is 0 Å². The van der Waals surface area contributed by atoms with Crippen molar-refractivity contribution in [1.82, 2.24) is 9.55 Å². The first-order valence-corrected chi connectivity index (χ1v) is 6.92. The second kappa shape index (κ2) is 6.12. The number of aromatic nitrogens is 2. The molecule has 0 atom stereocenters. The highest BCUT2D eigenvalue weighted by Crippen LogP contribution is 2.22. The van der Waals surface area contributed by atoms with E-state index in [1.54, 1.807) is 30.5 Å². The van der Waals surface area contributed by atoms with Crippen molar-refractivity contribution in [2.45, 2.75) is 6.54 Å². The van der Waals surface area contributed by atoms with Gasteiger partial charge >= 0.3 is 0 Å². The van der Waals surface area contributed by atoms with Crippen LogP contribution in [-0.4, -0.2) is 14.5 Å². The third-order valence-electron chi connectivity index (χ3n) is 3.49. The van der Waals surface area contributed by atoms with Gasteiger partial charge in [0.25, 0.3) is 5.69 Å². The predicted octanol–water partition coefficient (Wildman–Crippen LogP) is 3.38. The van der Waals surface area contributed by atoms with Crippen molar-refractivity contribution in [2.24, 2.45) is 0 Å². The van der Waals surface area contributed by atoms with Crippen LogP contribution in [0, 0.1) is 21.4 Å². The minimum absolute atomic E-state index is 0.0546. The molecule has 0 amide bonds. The van der Waals surface area contributed by atoms with Gasteiger partial charge in [0.15, 0.2) is 0 Å². The lowest BCUT2D eigenvalue weighted by Gasteiger charge is -2.08. The van der Waals surface area contributed by atoms with Gasteiger partial charge < -0.3 is 4.57 Å². The Morgan fingerprint density at radius 3 is 2.43 bits per heavy atom. The van der Waals surface area contributed by atoms with Gasteiger partial charge in [0, 0.05) is 36.6 Å². The molecule has 1 heterocycles. The molecule has 0 saturated heterocycles. The number of imidazole rings is 1. The summed E-state index contributed by atoms with van der Waals surface area (Å²) in [6, 6.07) is 15.8. The quantitative estimate of drug-likeness (QED) is 0.546. The number of hydrogen-bond acceptors (Lipinski definition) is 4. The monoisotopic (exact) mass is 304 g/mol. The highest BCUT2D eigenvalue weighted by Gasteiger charge is 2.09. The summed E-state index contributed by atoms with van der Waals surface area (Å²) in [5.41, 5.74) is 2.54. The van der Waals surface area contributed by atoms with Crippen LogP contribution in [0.3, 0.4) is 0 Å². The standard InChI is InChI=1S/C17H12N4O2/c18-11-13-1-3-14(4-2-13)12-20-10-9-19-17(20)15-5-7-16(8-6-15)21(22)23/h1-10H,12H2. The number of benzene rings is 2. The van der Waals surface area contributed by atoms with Gasteiger partial charge in [-0.2, -0.15) is 5.26 Å². The van der Waals surface area contributed by atoms with Gasteiger partial charge in [0.05, 0.1) is 16.6 Å². The largest absolute Gasteiger partial charge is 0.327 e. The van der Waals surface area contributed by atoms with Gasteiger partial charge in [0.1, 0.15) is 5.82 Å². The van der Waals surface area contributed by atoms with E-state index in [1.165, 1.54) is 12.1 Å². The second-order valence-corrected chi connectivity index (χ2v) is 4.99. The molecular formula is C17H12N4O2. The summed E-state index contributed by atoms with van der Waals surface area (Å²) >= 11 is 0. The summed E-state index contributed by atoms with van der Waals surface area (Å²) in [6.07, 6.45) is 3.55. The van der Waals surface area contributed by atoms with Crippen LogP contribution in [-0.2, 0) is 6.54 Å². The Morgan fingerprint density at radius 1 is 1.13 bits per heavy atom. The molecule has 1 aromatic heterocycles. The zero-order valence-corrected chi connectivity index (χ0v) is 12.1. The number of hydrogen-bond donors (Lipinski definition) is 0. The molecule has 23 heavy (non-hydrogen) atoms. The van der Waals surface area contributed by atoms with Gasteiger partial charge in [-0.05, 0) is 29.8 Å². The molecule has 0 aliphatic heterocycles. The topological polar surface area (TPSA) is 84.8 Å². The molecule has 0 bridgehead atoms. The van der Waals surface area contributed by atoms with E-state index in [4.69, 9.17) is 5.26 Å². The first kappa shape index (κ1) is 14.5. The molecule has 0 unspecified atom stereocenters. The zero-order valence-electron chi connectivity index (χ0n) is 12.1.